The van der Waals surface area contributed by atoms with E-state index < -0.39 is 12.2 Å². The summed E-state index contributed by atoms with van der Waals surface area (Å²) in [6.45, 7) is 7.88. The number of imidazole rings is 3. The minimum atomic E-state index is -0.862. The number of nitrogens with two attached hydrogens (primary N) is 1. The Morgan fingerprint density at radius 2 is 0.793 bits per heavy atom. The predicted octanol–water partition coefficient (Wildman–Crippen LogP) is 15.8. The smallest absolute Gasteiger partial charge is 0.312 e. The van der Waals surface area contributed by atoms with Crippen molar-refractivity contribution < 1.29 is 8.78 Å². The number of rotatable bonds is 16. The number of nitrogen functional groups attached to an aromatic ring is 1. The second-order valence-electron chi connectivity index (χ2n) is 28.1. The summed E-state index contributed by atoms with van der Waals surface area (Å²) < 4.78 is 34.6. The van der Waals surface area contributed by atoms with Crippen LogP contribution in [0.25, 0.3) is 87.6 Å². The highest BCUT2D eigenvalue weighted by Gasteiger charge is 2.35. The van der Waals surface area contributed by atoms with Gasteiger partial charge in [0.15, 0.2) is 34.4 Å². The minimum Gasteiger partial charge on any atom is -0.368 e. The number of benzene rings is 4. The molecule has 0 spiro atoms. The summed E-state index contributed by atoms with van der Waals surface area (Å²) in [5.74, 6) is 2.16. The average molecular weight is 1570 g/mol. The normalized spacial score (nSPS) is 15.3. The van der Waals surface area contributed by atoms with Gasteiger partial charge in [-0.2, -0.15) is 33.7 Å². The van der Waals surface area contributed by atoms with Gasteiger partial charge in [0.05, 0.1) is 83.8 Å². The number of hydrogen-bond acceptors (Lipinski definition) is 20. The molecule has 0 saturated heterocycles. The summed E-state index contributed by atoms with van der Waals surface area (Å²) in [5, 5.41) is 21.6. The summed E-state index contributed by atoms with van der Waals surface area (Å²) in [5.41, 5.74) is 12.3. The lowest BCUT2D eigenvalue weighted by Gasteiger charge is -2.21. The van der Waals surface area contributed by atoms with Crippen molar-refractivity contribution in [2.75, 3.05) is 27.0 Å². The van der Waals surface area contributed by atoms with Gasteiger partial charge in [-0.05, 0) is 155 Å². The molecule has 12 heterocycles. The maximum absolute atomic E-state index is 13.8. The fraction of sp³-hybridized carbons (Fsp3) is 0.260. The van der Waals surface area contributed by atoms with E-state index in [9.17, 15) is 28.0 Å². The summed E-state index contributed by atoms with van der Waals surface area (Å²) in [6.07, 6.45) is 13.9. The number of H-pyrrole nitrogens is 4. The van der Waals surface area contributed by atoms with Crippen molar-refractivity contribution in [3.63, 3.8) is 0 Å². The second kappa shape index (κ2) is 29.1. The molecule has 34 heteroatoms. The Morgan fingerprint density at radius 3 is 1.22 bits per heavy atom. The number of nitrogens with one attached hydrogen (secondary N) is 8. The Labute approximate surface area is 646 Å². The van der Waals surface area contributed by atoms with Gasteiger partial charge in [-0.15, -0.1) is 0 Å². The zero-order valence-electron chi connectivity index (χ0n) is 59.7. The lowest BCUT2D eigenvalue weighted by molar-refractivity contribution is 0.543. The third-order valence-corrected chi connectivity index (χ3v) is 21.5. The zero-order valence-corrected chi connectivity index (χ0v) is 62.7. The van der Waals surface area contributed by atoms with Crippen LogP contribution in [0.5, 0.6) is 0 Å². The van der Waals surface area contributed by atoms with Crippen molar-refractivity contribution in [3.05, 3.63) is 231 Å². The highest BCUT2D eigenvalue weighted by atomic mass is 35.5. The molecule has 10 N–H and O–H groups in total. The predicted molar refractivity (Wildman–Crippen MR) is 427 cm³/mol. The van der Waals surface area contributed by atoms with Gasteiger partial charge in [0.2, 0.25) is 5.95 Å². The number of pyridine rings is 4. The summed E-state index contributed by atoms with van der Waals surface area (Å²) in [6, 6.07) is 31.8. The molecule has 12 aromatic heterocycles. The van der Waals surface area contributed by atoms with E-state index in [2.05, 4.69) is 102 Å². The Bertz CT molecular complexity index is 6440. The van der Waals surface area contributed by atoms with Crippen LogP contribution < -0.4 is 49.2 Å². The van der Waals surface area contributed by atoms with Crippen molar-refractivity contribution in [3.8, 4) is 0 Å². The lowest BCUT2D eigenvalue weighted by atomic mass is 10.1. The average Bonchev–Trinajstić information content (AvgIpc) is 1.75. The number of nitrogens with zero attached hydrogens (tertiary/aromatic N) is 15. The molecule has 4 saturated carbocycles. The molecule has 4 atom stereocenters. The van der Waals surface area contributed by atoms with Crippen molar-refractivity contribution in [2.24, 2.45) is 0 Å². The number of aromatic nitrogens is 19. The van der Waals surface area contributed by atoms with Gasteiger partial charge in [-0.1, -0.05) is 94.9 Å². The Kier molecular flexibility index (Phi) is 18.9. The monoisotopic (exact) mass is 1570 g/mol. The Hall–Kier alpha value is -12.0. The van der Waals surface area contributed by atoms with Crippen LogP contribution in [0.2, 0.25) is 20.1 Å². The standard InChI is InChI=1S/C20H18ClN5O.2C19H16ClFN6O.C19H18ClN7O/c1-11(25-19-14-7-8-22-18(14)23-10-24-19)16-9-12-3-2-4-15(21)17(12)20(27)26(16)13-5-6-13;1-9(24-16-15-17(23-8-22-16)26-19(21)25-15)13-7-10-3-2-4-12(20)14(10)18(28)27(13)11-5-6-11;2*1-9(24-17-15-16(23-8-22-15)25-19(21)26-17)13-7-10-3-2-4-12(20)14(10)18(28)27(13)11-5-6-11/h2-4,7-11,13H,5-6H2,1H3,(H2,22,23,24,25);2*2-4,7-9,11H,5-6H2,1H3,(H2,22,23,24,25,26);2-4,7-9,11H,5-6H2,1H3,(H4,21,22,23,24,25,26)/t11-;3*9-/m0000/s1. The second-order valence-corrected chi connectivity index (χ2v) is 29.7. The molecule has 0 radical (unpaired) electrons. The van der Waals surface area contributed by atoms with Gasteiger partial charge in [0.1, 0.15) is 40.7 Å². The number of hydrogen-bond donors (Lipinski definition) is 9. The summed E-state index contributed by atoms with van der Waals surface area (Å²) in [7, 11) is 0. The third kappa shape index (κ3) is 14.0. The molecule has 111 heavy (non-hydrogen) atoms. The topological polar surface area (TPSA) is 367 Å². The molecule has 4 aliphatic rings. The van der Waals surface area contributed by atoms with Gasteiger partial charge in [0, 0.05) is 53.1 Å². The molecule has 28 nitrogen and oxygen atoms in total. The van der Waals surface area contributed by atoms with Crippen LogP contribution in [0.4, 0.5) is 38.0 Å². The third-order valence-electron chi connectivity index (χ3n) is 20.3. The van der Waals surface area contributed by atoms with Crippen LogP contribution in [-0.2, 0) is 0 Å². The van der Waals surface area contributed by atoms with Gasteiger partial charge in [-0.3, -0.25) is 19.2 Å². The molecule has 0 amide bonds. The van der Waals surface area contributed by atoms with Gasteiger partial charge in [0.25, 0.3) is 28.3 Å². The van der Waals surface area contributed by atoms with E-state index in [1.165, 1.54) is 19.0 Å². The quantitative estimate of drug-likeness (QED) is 0.0320. The van der Waals surface area contributed by atoms with Gasteiger partial charge >= 0.3 is 6.08 Å². The van der Waals surface area contributed by atoms with E-state index >= 15 is 0 Å². The van der Waals surface area contributed by atoms with E-state index in [-0.39, 0.29) is 87.8 Å². The van der Waals surface area contributed by atoms with Crippen molar-refractivity contribution in [1.82, 2.24) is 93.0 Å². The molecule has 0 aliphatic heterocycles. The van der Waals surface area contributed by atoms with Crippen LogP contribution in [0.1, 0.15) is 150 Å². The highest BCUT2D eigenvalue weighted by molar-refractivity contribution is 6.36. The number of halogens is 6. The molecular formula is C77H68Cl4F2N24O4. The highest BCUT2D eigenvalue weighted by Crippen LogP contribution is 2.43. The maximum atomic E-state index is 13.8. The first-order valence-electron chi connectivity index (χ1n) is 36.1. The van der Waals surface area contributed by atoms with Gasteiger partial charge < -0.3 is 65.2 Å². The SMILES string of the molecule is C[C@H](Nc1nc(F)nc2nc[nH]c12)c1cc2cccc(Cl)c2c(=O)n1C1CC1.C[C@H](Nc1nc(N)nc2nc[nH]c12)c1cc2cccc(Cl)c2c(=O)n1C1CC1.C[C@H](Nc1ncnc2[nH]ccc12)c1cc2cccc(Cl)c2c(=O)n1C1CC1.C[C@H](Nc1ncnc2nc(F)[nH]c12)c1cc2cccc(Cl)c2c(=O)n1C1CC1. The van der Waals surface area contributed by atoms with Crippen molar-refractivity contribution >= 4 is 163 Å². The lowest BCUT2D eigenvalue weighted by Crippen LogP contribution is -2.26. The Balaban J connectivity index is 0.000000108. The number of fused-ring (bicyclic) bond motifs is 8. The van der Waals surface area contributed by atoms with E-state index in [0.717, 1.165) is 113 Å². The first kappa shape index (κ1) is 71.9. The van der Waals surface area contributed by atoms with Crippen LogP contribution in [-0.4, -0.2) is 93.0 Å². The maximum Gasteiger partial charge on any atom is 0.312 e. The fourth-order valence-corrected chi connectivity index (χ4v) is 15.5. The van der Waals surface area contributed by atoms with Gasteiger partial charge in [-0.25, -0.2) is 29.9 Å². The summed E-state index contributed by atoms with van der Waals surface area (Å²) in [4.78, 5) is 109. The summed E-state index contributed by atoms with van der Waals surface area (Å²) >= 11 is 25.2. The molecule has 562 valence electrons. The van der Waals surface area contributed by atoms with Crippen LogP contribution >= 0.6 is 46.4 Å². The van der Waals surface area contributed by atoms with E-state index in [4.69, 9.17) is 52.1 Å². The molecule has 20 rings (SSSR count). The molecule has 0 bridgehead atoms. The largest absolute Gasteiger partial charge is 0.368 e. The molecule has 4 aliphatic carbocycles. The zero-order chi connectivity index (χ0) is 76.8. The van der Waals surface area contributed by atoms with Crippen molar-refractivity contribution in [1.29, 1.82) is 0 Å². The number of aromatic amines is 4. The Morgan fingerprint density at radius 1 is 0.423 bits per heavy atom. The van der Waals surface area contributed by atoms with E-state index in [1.807, 2.05) is 120 Å². The first-order valence-corrected chi connectivity index (χ1v) is 37.6. The molecule has 4 fully saturated rings. The molecular weight excluding hydrogens is 1500 g/mol. The van der Waals surface area contributed by atoms with E-state index in [1.54, 1.807) is 35.2 Å². The van der Waals surface area contributed by atoms with Crippen LogP contribution in [0.3, 0.4) is 0 Å². The fourth-order valence-electron chi connectivity index (χ4n) is 14.5. The molecule has 0 unspecified atom stereocenters. The molecule has 4 aromatic carbocycles. The van der Waals surface area contributed by atoms with E-state index in [0.29, 0.717) is 81.3 Å². The van der Waals surface area contributed by atoms with Crippen LogP contribution in [0, 0.1) is 12.2 Å². The minimum absolute atomic E-state index is 0.0151. The number of anilines is 5. The molecule has 16 aromatic rings. The van der Waals surface area contributed by atoms with Crippen molar-refractivity contribution in [2.45, 2.75) is 127 Å². The first-order chi connectivity index (χ1) is 53.7. The van der Waals surface area contributed by atoms with Crippen LogP contribution in [0.15, 0.2) is 154 Å².